The van der Waals surface area contributed by atoms with Crippen LogP contribution >= 0.6 is 0 Å². The predicted molar refractivity (Wildman–Crippen MR) is 247 cm³/mol. The van der Waals surface area contributed by atoms with E-state index in [-0.39, 0.29) is 5.41 Å². The van der Waals surface area contributed by atoms with Crippen LogP contribution in [0.5, 0.6) is 0 Å². The van der Waals surface area contributed by atoms with Crippen LogP contribution < -0.4 is 0 Å². The molecule has 1 aliphatic carbocycles. The summed E-state index contributed by atoms with van der Waals surface area (Å²) < 4.78 is 0. The zero-order valence-corrected chi connectivity index (χ0v) is 32.7. The summed E-state index contributed by atoms with van der Waals surface area (Å²) in [7, 11) is 0. The first-order valence-electron chi connectivity index (χ1n) is 20.4. The fourth-order valence-corrected chi connectivity index (χ4v) is 9.94. The number of hydrogen-bond acceptors (Lipinski definition) is 3. The lowest BCUT2D eigenvalue weighted by Gasteiger charge is -2.24. The standard InChI is InChI=1S/C56H37N3/c1-56(2)51-28-12-11-24-45(51)46-26-14-25-40(52(46)56)37-30-29-34-17-13-27-47(48(34)31-37)53-57-54(49-32-35-15-3-5-18-38(35)41-20-7-9-22-43(41)49)59-55(58-53)50-33-36-16-4-6-19-39(36)42-21-8-10-23-44(42)50/h3-33H,1-2H3. The Balaban J connectivity index is 1.13. The molecule has 0 N–H and O–H groups in total. The van der Waals surface area contributed by atoms with Gasteiger partial charge in [-0.2, -0.15) is 0 Å². The molecule has 276 valence electrons. The van der Waals surface area contributed by atoms with E-state index >= 15 is 0 Å². The Bertz CT molecular complexity index is 3410. The number of nitrogens with zero attached hydrogens (tertiary/aromatic N) is 3. The van der Waals surface area contributed by atoms with E-state index in [4.69, 9.17) is 15.0 Å². The highest BCUT2D eigenvalue weighted by Crippen LogP contribution is 2.52. The maximum Gasteiger partial charge on any atom is 0.164 e. The summed E-state index contributed by atoms with van der Waals surface area (Å²) in [5.74, 6) is 1.95. The van der Waals surface area contributed by atoms with Crippen molar-refractivity contribution in [1.29, 1.82) is 0 Å². The van der Waals surface area contributed by atoms with Gasteiger partial charge in [0, 0.05) is 22.1 Å². The highest BCUT2D eigenvalue weighted by atomic mass is 15.0. The molecular weight excluding hydrogens is 715 g/mol. The molecular formula is C56H37N3. The number of aromatic nitrogens is 3. The molecule has 10 aromatic carbocycles. The maximum absolute atomic E-state index is 5.44. The number of rotatable bonds is 4. The van der Waals surface area contributed by atoms with E-state index in [1.54, 1.807) is 0 Å². The maximum atomic E-state index is 5.44. The van der Waals surface area contributed by atoms with Gasteiger partial charge < -0.3 is 0 Å². The molecule has 0 spiro atoms. The summed E-state index contributed by atoms with van der Waals surface area (Å²) >= 11 is 0. The van der Waals surface area contributed by atoms with Crippen LogP contribution in [0.3, 0.4) is 0 Å². The molecule has 0 aliphatic heterocycles. The summed E-state index contributed by atoms with van der Waals surface area (Å²) in [6, 6.07) is 67.8. The molecule has 0 bridgehead atoms. The van der Waals surface area contributed by atoms with Crippen molar-refractivity contribution in [1.82, 2.24) is 15.0 Å². The fraction of sp³-hybridized carbons (Fsp3) is 0.0536. The first kappa shape index (κ1) is 33.6. The van der Waals surface area contributed by atoms with Gasteiger partial charge in [-0.15, -0.1) is 0 Å². The van der Waals surface area contributed by atoms with Crippen molar-refractivity contribution in [3.05, 3.63) is 199 Å². The van der Waals surface area contributed by atoms with Crippen molar-refractivity contribution in [3.8, 4) is 56.4 Å². The quantitative estimate of drug-likeness (QED) is 0.168. The molecule has 0 radical (unpaired) electrons. The van der Waals surface area contributed by atoms with Crippen LogP contribution in [0.15, 0.2) is 188 Å². The van der Waals surface area contributed by atoms with Gasteiger partial charge in [0.2, 0.25) is 0 Å². The molecule has 1 heterocycles. The van der Waals surface area contributed by atoms with E-state index < -0.39 is 0 Å². The Morgan fingerprint density at radius 2 is 0.763 bits per heavy atom. The zero-order chi connectivity index (χ0) is 39.2. The van der Waals surface area contributed by atoms with E-state index in [1.807, 2.05) is 0 Å². The Kier molecular flexibility index (Phi) is 7.27. The second-order valence-corrected chi connectivity index (χ2v) is 16.3. The van der Waals surface area contributed by atoms with Crippen molar-refractivity contribution in [2.45, 2.75) is 19.3 Å². The highest BCUT2D eigenvalue weighted by Gasteiger charge is 2.37. The average molecular weight is 752 g/mol. The van der Waals surface area contributed by atoms with E-state index in [2.05, 4.69) is 202 Å². The fourth-order valence-electron chi connectivity index (χ4n) is 9.94. The van der Waals surface area contributed by atoms with Gasteiger partial charge >= 0.3 is 0 Å². The molecule has 0 saturated carbocycles. The summed E-state index contributed by atoms with van der Waals surface area (Å²) in [6.07, 6.45) is 0. The Morgan fingerprint density at radius 3 is 1.41 bits per heavy atom. The number of hydrogen-bond donors (Lipinski definition) is 0. The third kappa shape index (κ3) is 5.11. The second-order valence-electron chi connectivity index (χ2n) is 16.3. The molecule has 1 aliphatic rings. The monoisotopic (exact) mass is 751 g/mol. The van der Waals surface area contributed by atoms with Crippen LogP contribution in [0.4, 0.5) is 0 Å². The third-order valence-electron chi connectivity index (χ3n) is 12.7. The van der Waals surface area contributed by atoms with Gasteiger partial charge in [-0.1, -0.05) is 184 Å². The van der Waals surface area contributed by atoms with Crippen LogP contribution in [-0.2, 0) is 5.41 Å². The molecule has 0 unspecified atom stereocenters. The van der Waals surface area contributed by atoms with Gasteiger partial charge in [0.05, 0.1) is 0 Å². The predicted octanol–water partition coefficient (Wildman–Crippen LogP) is 14.6. The molecule has 0 saturated heterocycles. The van der Waals surface area contributed by atoms with Crippen LogP contribution in [-0.4, -0.2) is 15.0 Å². The van der Waals surface area contributed by atoms with Gasteiger partial charge in [-0.25, -0.2) is 15.0 Å². The van der Waals surface area contributed by atoms with Gasteiger partial charge in [-0.3, -0.25) is 0 Å². The average Bonchev–Trinajstić information content (AvgIpc) is 3.53. The topological polar surface area (TPSA) is 38.7 Å². The number of fused-ring (bicyclic) bond motifs is 10. The highest BCUT2D eigenvalue weighted by molar-refractivity contribution is 6.15. The Labute approximate surface area is 342 Å². The lowest BCUT2D eigenvalue weighted by Crippen LogP contribution is -2.16. The van der Waals surface area contributed by atoms with Gasteiger partial charge in [0.1, 0.15) is 0 Å². The molecule has 12 rings (SSSR count). The van der Waals surface area contributed by atoms with Crippen LogP contribution in [0, 0.1) is 0 Å². The summed E-state index contributed by atoms with van der Waals surface area (Å²) in [4.78, 5) is 16.3. The second kappa shape index (κ2) is 12.8. The smallest absolute Gasteiger partial charge is 0.164 e. The Morgan fingerprint density at radius 1 is 0.305 bits per heavy atom. The summed E-state index contributed by atoms with van der Waals surface area (Å²) in [5.41, 5.74) is 10.6. The zero-order valence-electron chi connectivity index (χ0n) is 32.7. The SMILES string of the molecule is CC1(C)c2ccccc2-c2cccc(-c3ccc4cccc(-c5nc(-c6cc7ccccc7c7ccccc67)nc(-c6cc7ccccc7c7ccccc67)n5)c4c3)c21. The summed E-state index contributed by atoms with van der Waals surface area (Å²) in [6.45, 7) is 4.71. The number of benzene rings is 10. The minimum Gasteiger partial charge on any atom is -0.208 e. The van der Waals surface area contributed by atoms with E-state index in [1.165, 1.54) is 54.9 Å². The van der Waals surface area contributed by atoms with Crippen molar-refractivity contribution in [2.75, 3.05) is 0 Å². The van der Waals surface area contributed by atoms with Gasteiger partial charge in [0.25, 0.3) is 0 Å². The first-order chi connectivity index (χ1) is 29.0. The molecule has 1 aromatic heterocycles. The minimum atomic E-state index is -0.139. The molecule has 11 aromatic rings. The molecule has 59 heavy (non-hydrogen) atoms. The normalized spacial score (nSPS) is 13.1. The van der Waals surface area contributed by atoms with Crippen LogP contribution in [0.1, 0.15) is 25.0 Å². The van der Waals surface area contributed by atoms with Crippen LogP contribution in [0.2, 0.25) is 0 Å². The minimum absolute atomic E-state index is 0.139. The van der Waals surface area contributed by atoms with Crippen molar-refractivity contribution in [2.24, 2.45) is 0 Å². The van der Waals surface area contributed by atoms with Gasteiger partial charge in [0.15, 0.2) is 17.5 Å². The molecule has 3 nitrogen and oxygen atoms in total. The van der Waals surface area contributed by atoms with Crippen LogP contribution in [0.25, 0.3) is 110 Å². The van der Waals surface area contributed by atoms with Crippen molar-refractivity contribution >= 4 is 53.9 Å². The van der Waals surface area contributed by atoms with E-state index in [0.717, 1.165) is 49.0 Å². The molecule has 3 heteroatoms. The van der Waals surface area contributed by atoms with Crippen molar-refractivity contribution < 1.29 is 0 Å². The summed E-state index contributed by atoms with van der Waals surface area (Å²) in [5, 5.41) is 11.5. The lowest BCUT2D eigenvalue weighted by atomic mass is 9.78. The lowest BCUT2D eigenvalue weighted by molar-refractivity contribution is 0.662. The molecule has 0 amide bonds. The third-order valence-corrected chi connectivity index (χ3v) is 12.7. The largest absolute Gasteiger partial charge is 0.208 e. The van der Waals surface area contributed by atoms with E-state index in [0.29, 0.717) is 17.5 Å². The molecule has 0 fully saturated rings. The van der Waals surface area contributed by atoms with Gasteiger partial charge in [-0.05, 0) is 105 Å². The Hall–Kier alpha value is -7.49. The molecule has 0 atom stereocenters. The van der Waals surface area contributed by atoms with Crippen molar-refractivity contribution in [3.63, 3.8) is 0 Å². The van der Waals surface area contributed by atoms with E-state index in [9.17, 15) is 0 Å². The first-order valence-corrected chi connectivity index (χ1v) is 20.4.